The maximum atomic E-state index is 14.6. The highest BCUT2D eigenvalue weighted by molar-refractivity contribution is 6.37. The summed E-state index contributed by atoms with van der Waals surface area (Å²) in [6.07, 6.45) is 6.98. The Morgan fingerprint density at radius 2 is 1.63 bits per heavy atom. The zero-order valence-corrected chi connectivity index (χ0v) is 28.6. The van der Waals surface area contributed by atoms with E-state index in [-0.39, 0.29) is 34.7 Å². The second-order valence-corrected chi connectivity index (χ2v) is 16.0. The average molecular weight is 637 g/mol. The summed E-state index contributed by atoms with van der Waals surface area (Å²) in [6.45, 7) is 14.1. The zero-order chi connectivity index (χ0) is 33.8. The molecular weight excluding hydrogens is 584 g/mol. The summed E-state index contributed by atoms with van der Waals surface area (Å²) in [7, 11) is 0. The van der Waals surface area contributed by atoms with Crippen molar-refractivity contribution in [2.45, 2.75) is 118 Å². The molecule has 1 aromatic rings. The number of nitrogens with one attached hydrogen (secondary N) is 2. The Labute approximate surface area is 272 Å². The summed E-state index contributed by atoms with van der Waals surface area (Å²) in [5.74, 6) is -2.21. The number of benzene rings is 1. The molecule has 1 saturated heterocycles. The molecule has 10 heteroatoms. The number of rotatable bonds is 11. The Kier molecular flexibility index (Phi) is 8.83. The van der Waals surface area contributed by atoms with Crippen LogP contribution in [-0.4, -0.2) is 65.6 Å². The van der Waals surface area contributed by atoms with Gasteiger partial charge >= 0.3 is 0 Å². The number of nitrogens with two attached hydrogens (primary N) is 1. The number of likely N-dealkylation sites (tertiary alicyclic amines) is 1. The van der Waals surface area contributed by atoms with Gasteiger partial charge in [0.05, 0.1) is 6.04 Å². The van der Waals surface area contributed by atoms with E-state index in [1.54, 1.807) is 4.90 Å². The molecule has 1 heterocycles. The Morgan fingerprint density at radius 3 is 2.11 bits per heavy atom. The number of hydrogen-bond donors (Lipinski definition) is 3. The highest BCUT2D eigenvalue weighted by Gasteiger charge is 2.85. The van der Waals surface area contributed by atoms with Crippen LogP contribution in [0.25, 0.3) is 0 Å². The third-order valence-corrected chi connectivity index (χ3v) is 12.2. The van der Waals surface area contributed by atoms with E-state index in [0.717, 1.165) is 49.7 Å². The van der Waals surface area contributed by atoms with Crippen LogP contribution in [0, 0.1) is 41.4 Å². The molecule has 0 aromatic heterocycles. The van der Waals surface area contributed by atoms with E-state index >= 15 is 0 Å². The van der Waals surface area contributed by atoms with Crippen molar-refractivity contribution in [1.82, 2.24) is 15.5 Å². The summed E-state index contributed by atoms with van der Waals surface area (Å²) in [6, 6.07) is 2.97. The molecule has 4 amide bonds. The zero-order valence-electron chi connectivity index (χ0n) is 28.6. The monoisotopic (exact) mass is 636 g/mol. The summed E-state index contributed by atoms with van der Waals surface area (Å²) >= 11 is 0. The fourth-order valence-corrected chi connectivity index (χ4v) is 8.98. The number of carbonyl (C=O) groups is 5. The third-order valence-electron chi connectivity index (χ3n) is 12.2. The number of carbonyl (C=O) groups excluding carboxylic acids is 5. The van der Waals surface area contributed by atoms with Gasteiger partial charge in [-0.1, -0.05) is 78.5 Å². The van der Waals surface area contributed by atoms with Crippen molar-refractivity contribution in [2.24, 2.45) is 33.3 Å². The molecule has 3 saturated carbocycles. The number of aryl methyl sites for hydroxylation is 2. The number of ketones is 1. The fraction of sp³-hybridized carbons (Fsp3) is 0.694. The number of primary amides is 1. The summed E-state index contributed by atoms with van der Waals surface area (Å²) in [5, 5.41) is 5.79. The first kappa shape index (κ1) is 33.9. The van der Waals surface area contributed by atoms with E-state index in [1.807, 2.05) is 52.8 Å². The normalized spacial score (nSPS) is 25.6. The van der Waals surface area contributed by atoms with Gasteiger partial charge < -0.3 is 26.0 Å². The summed E-state index contributed by atoms with van der Waals surface area (Å²) in [4.78, 5) is 68.4. The molecule has 4 atom stereocenters. The van der Waals surface area contributed by atoms with Gasteiger partial charge in [0, 0.05) is 12.0 Å². The number of para-hydroxylation sites is 1. The van der Waals surface area contributed by atoms with E-state index in [4.69, 9.17) is 10.5 Å². The van der Waals surface area contributed by atoms with Crippen LogP contribution >= 0.6 is 0 Å². The van der Waals surface area contributed by atoms with Crippen LogP contribution in [0.1, 0.15) is 97.1 Å². The van der Waals surface area contributed by atoms with Crippen molar-refractivity contribution in [2.75, 3.05) is 13.2 Å². The van der Waals surface area contributed by atoms with Crippen molar-refractivity contribution in [3.8, 4) is 5.75 Å². The van der Waals surface area contributed by atoms with Crippen LogP contribution in [-0.2, 0) is 24.0 Å². The predicted molar refractivity (Wildman–Crippen MR) is 174 cm³/mol. The Morgan fingerprint density at radius 1 is 1.00 bits per heavy atom. The number of fused-ring (bicyclic) bond motifs is 1. The molecule has 4 fully saturated rings. The van der Waals surface area contributed by atoms with Crippen LogP contribution in [0.5, 0.6) is 5.75 Å². The van der Waals surface area contributed by atoms with E-state index < -0.39 is 47.0 Å². The van der Waals surface area contributed by atoms with Gasteiger partial charge in [0.15, 0.2) is 6.61 Å². The Bertz CT molecular complexity index is 1400. The van der Waals surface area contributed by atoms with Gasteiger partial charge in [-0.25, -0.2) is 0 Å². The number of hydrogen-bond acceptors (Lipinski definition) is 6. The lowest BCUT2D eigenvalue weighted by atomic mass is 9.73. The molecule has 1 aromatic carbocycles. The van der Waals surface area contributed by atoms with Gasteiger partial charge in [0.25, 0.3) is 11.8 Å². The van der Waals surface area contributed by atoms with Gasteiger partial charge in [0.1, 0.15) is 17.8 Å². The number of nitrogens with zero attached hydrogens (tertiary/aromatic N) is 1. The van der Waals surface area contributed by atoms with E-state index in [0.29, 0.717) is 25.1 Å². The summed E-state index contributed by atoms with van der Waals surface area (Å²) < 4.78 is 5.89. The van der Waals surface area contributed by atoms with Crippen molar-refractivity contribution < 1.29 is 28.7 Å². The molecule has 1 unspecified atom stereocenters. The molecule has 5 rings (SSSR count). The van der Waals surface area contributed by atoms with Crippen LogP contribution in [0.2, 0.25) is 0 Å². The first-order chi connectivity index (χ1) is 21.5. The predicted octanol–water partition coefficient (Wildman–Crippen LogP) is 3.74. The molecule has 252 valence electrons. The lowest BCUT2D eigenvalue weighted by Gasteiger charge is -2.36. The minimum Gasteiger partial charge on any atom is -0.483 e. The topological polar surface area (TPSA) is 148 Å². The number of amides is 4. The standard InChI is InChI=1S/C36H52N4O6/c1-21-11-8-12-22(2)28(21)46-19-26(41)39-29(33(3,4)5)32(45)40-20-36(34(6,7)35(36)15-10-16-35)18-25(40)31(44)38-24(27(42)30(37)43)17-23-13-9-14-23/h8,11-12,23-25,29H,9-10,13-20H2,1-7H3,(H2,37,43)(H,38,44)(H,39,41)/t24?,25-,29+,36+/m0/s1. The van der Waals surface area contributed by atoms with Crippen molar-refractivity contribution >= 4 is 29.4 Å². The fourth-order valence-electron chi connectivity index (χ4n) is 8.98. The van der Waals surface area contributed by atoms with E-state index in [9.17, 15) is 24.0 Å². The molecule has 0 bridgehead atoms. The lowest BCUT2D eigenvalue weighted by molar-refractivity contribution is -0.145. The van der Waals surface area contributed by atoms with Gasteiger partial charge in [-0.2, -0.15) is 0 Å². The lowest BCUT2D eigenvalue weighted by Crippen LogP contribution is -2.59. The quantitative estimate of drug-likeness (QED) is 0.315. The molecule has 4 aliphatic rings. The van der Waals surface area contributed by atoms with Crippen LogP contribution < -0.4 is 21.1 Å². The maximum Gasteiger partial charge on any atom is 0.287 e. The highest BCUT2D eigenvalue weighted by atomic mass is 16.5. The minimum absolute atomic E-state index is 0.0572. The largest absolute Gasteiger partial charge is 0.483 e. The third kappa shape index (κ3) is 5.59. The van der Waals surface area contributed by atoms with Gasteiger partial charge in [0.2, 0.25) is 17.6 Å². The molecular formula is C36H52N4O6. The smallest absolute Gasteiger partial charge is 0.287 e. The van der Waals surface area contributed by atoms with Crippen molar-refractivity contribution in [1.29, 1.82) is 0 Å². The molecule has 46 heavy (non-hydrogen) atoms. The second kappa shape index (κ2) is 12.0. The number of ether oxygens (including phenoxy) is 1. The highest BCUT2D eigenvalue weighted by Crippen LogP contribution is 2.88. The van der Waals surface area contributed by atoms with Crippen LogP contribution in [0.15, 0.2) is 18.2 Å². The molecule has 0 radical (unpaired) electrons. The van der Waals surface area contributed by atoms with Gasteiger partial charge in [-0.05, 0) is 72.8 Å². The van der Waals surface area contributed by atoms with Gasteiger partial charge in [-0.3, -0.25) is 24.0 Å². The Hall–Kier alpha value is -3.43. The summed E-state index contributed by atoms with van der Waals surface area (Å²) in [5.41, 5.74) is 6.27. The Balaban J connectivity index is 1.39. The van der Waals surface area contributed by atoms with Crippen molar-refractivity contribution in [3.05, 3.63) is 29.3 Å². The molecule has 2 spiro atoms. The van der Waals surface area contributed by atoms with E-state index in [2.05, 4.69) is 24.5 Å². The second-order valence-electron chi connectivity index (χ2n) is 16.0. The minimum atomic E-state index is -1.07. The average Bonchev–Trinajstić information content (AvgIpc) is 3.15. The molecule has 10 nitrogen and oxygen atoms in total. The van der Waals surface area contributed by atoms with Crippen LogP contribution in [0.4, 0.5) is 0 Å². The van der Waals surface area contributed by atoms with Gasteiger partial charge in [-0.15, -0.1) is 0 Å². The maximum absolute atomic E-state index is 14.6. The first-order valence-corrected chi connectivity index (χ1v) is 16.9. The first-order valence-electron chi connectivity index (χ1n) is 16.9. The molecule has 4 N–H and O–H groups in total. The SMILES string of the molecule is Cc1cccc(C)c1OCC(=O)N[C@H](C(=O)N1C[C@]2(C[C@H]1C(=O)NC(CC1CCC1)C(=O)C(N)=O)C(C)(C)C21CCC1)C(C)(C)C. The molecule has 1 aliphatic heterocycles. The van der Waals surface area contributed by atoms with Crippen LogP contribution in [0.3, 0.4) is 0 Å². The molecule has 3 aliphatic carbocycles. The van der Waals surface area contributed by atoms with Crippen molar-refractivity contribution in [3.63, 3.8) is 0 Å². The van der Waals surface area contributed by atoms with E-state index in [1.165, 1.54) is 0 Å². The number of Topliss-reactive ketones (excluding diaryl/α,β-unsaturated/α-hetero) is 1.